The molecule has 2 amide bonds. The van der Waals surface area contributed by atoms with Crippen LogP contribution in [0.3, 0.4) is 0 Å². The third-order valence-electron chi connectivity index (χ3n) is 2.40. The van der Waals surface area contributed by atoms with Gasteiger partial charge in [0.05, 0.1) is 0 Å². The molecular formula is C10H12N6O2. The molecule has 0 aliphatic heterocycles. The molecule has 0 saturated carbocycles. The van der Waals surface area contributed by atoms with Gasteiger partial charge in [-0.2, -0.15) is 10.2 Å². The lowest BCUT2D eigenvalue weighted by Gasteiger charge is -2.07. The lowest BCUT2D eigenvalue weighted by atomic mass is 10.4. The van der Waals surface area contributed by atoms with Crippen molar-refractivity contribution in [1.29, 1.82) is 0 Å². The van der Waals surface area contributed by atoms with Gasteiger partial charge in [-0.05, 0) is 12.1 Å². The quantitative estimate of drug-likeness (QED) is 0.682. The van der Waals surface area contributed by atoms with Gasteiger partial charge in [-0.1, -0.05) is 0 Å². The molecule has 0 unspecified atom stereocenters. The van der Waals surface area contributed by atoms with Crippen LogP contribution in [0.15, 0.2) is 24.5 Å². The number of carbonyl (C=O) groups is 2. The Morgan fingerprint density at radius 2 is 1.33 bits per heavy atom. The molecule has 2 rings (SSSR count). The third kappa shape index (κ3) is 2.21. The second-order valence-electron chi connectivity index (χ2n) is 3.59. The molecule has 2 heterocycles. The minimum absolute atomic E-state index is 0.348. The van der Waals surface area contributed by atoms with Crippen LogP contribution < -0.4 is 10.9 Å². The van der Waals surface area contributed by atoms with Gasteiger partial charge in [0, 0.05) is 26.5 Å². The number of hydrazine groups is 1. The fraction of sp³-hybridized carbons (Fsp3) is 0.200. The van der Waals surface area contributed by atoms with Gasteiger partial charge in [-0.15, -0.1) is 0 Å². The van der Waals surface area contributed by atoms with Crippen LogP contribution in [0.4, 0.5) is 0 Å². The molecule has 0 saturated heterocycles. The number of aromatic nitrogens is 4. The molecule has 0 bridgehead atoms. The summed E-state index contributed by atoms with van der Waals surface area (Å²) in [6, 6.07) is 3.09. The van der Waals surface area contributed by atoms with Gasteiger partial charge >= 0.3 is 0 Å². The molecule has 8 heteroatoms. The Morgan fingerprint density at radius 3 is 1.61 bits per heavy atom. The lowest BCUT2D eigenvalue weighted by molar-refractivity contribution is 0.0836. The van der Waals surface area contributed by atoms with Crippen molar-refractivity contribution in [2.75, 3.05) is 0 Å². The Bertz CT molecular complexity index is 532. The van der Waals surface area contributed by atoms with E-state index in [-0.39, 0.29) is 0 Å². The Kier molecular flexibility index (Phi) is 3.09. The highest BCUT2D eigenvalue weighted by Gasteiger charge is 2.13. The van der Waals surface area contributed by atoms with Crippen molar-refractivity contribution in [3.05, 3.63) is 35.9 Å². The molecule has 0 aliphatic carbocycles. The van der Waals surface area contributed by atoms with Crippen LogP contribution in [0, 0.1) is 0 Å². The van der Waals surface area contributed by atoms with Crippen LogP contribution in [-0.4, -0.2) is 31.4 Å². The van der Waals surface area contributed by atoms with E-state index < -0.39 is 11.8 Å². The highest BCUT2D eigenvalue weighted by atomic mass is 16.2. The highest BCUT2D eigenvalue weighted by Crippen LogP contribution is 1.96. The Morgan fingerprint density at radius 1 is 0.944 bits per heavy atom. The predicted octanol–water partition coefficient (Wildman–Crippen LogP) is -0.772. The minimum atomic E-state index is -0.439. The van der Waals surface area contributed by atoms with Crippen LogP contribution >= 0.6 is 0 Å². The first-order valence-corrected chi connectivity index (χ1v) is 5.16. The molecule has 0 fully saturated rings. The monoisotopic (exact) mass is 248 g/mol. The Labute approximate surface area is 103 Å². The summed E-state index contributed by atoms with van der Waals surface area (Å²) in [5.74, 6) is -0.879. The molecule has 0 aromatic carbocycles. The summed E-state index contributed by atoms with van der Waals surface area (Å²) in [7, 11) is 3.27. The van der Waals surface area contributed by atoms with Crippen LogP contribution in [0.1, 0.15) is 21.0 Å². The molecule has 0 aliphatic rings. The average molecular weight is 248 g/mol. The molecule has 18 heavy (non-hydrogen) atoms. The second kappa shape index (κ2) is 4.70. The van der Waals surface area contributed by atoms with Gasteiger partial charge in [0.15, 0.2) is 0 Å². The van der Waals surface area contributed by atoms with Crippen molar-refractivity contribution >= 4 is 11.8 Å². The van der Waals surface area contributed by atoms with Crippen LogP contribution in [0.2, 0.25) is 0 Å². The predicted molar refractivity (Wildman–Crippen MR) is 61.3 cm³/mol. The van der Waals surface area contributed by atoms with E-state index in [0.29, 0.717) is 11.4 Å². The van der Waals surface area contributed by atoms with Crippen LogP contribution in [0.5, 0.6) is 0 Å². The summed E-state index contributed by atoms with van der Waals surface area (Å²) in [5, 5.41) is 7.72. The van der Waals surface area contributed by atoms with Crippen molar-refractivity contribution in [3.8, 4) is 0 Å². The van der Waals surface area contributed by atoms with E-state index in [0.717, 1.165) is 0 Å². The Balaban J connectivity index is 1.97. The fourth-order valence-corrected chi connectivity index (χ4v) is 1.43. The number of hydrogen-bond acceptors (Lipinski definition) is 4. The first kappa shape index (κ1) is 11.8. The molecule has 2 N–H and O–H groups in total. The van der Waals surface area contributed by atoms with E-state index >= 15 is 0 Å². The van der Waals surface area contributed by atoms with E-state index in [4.69, 9.17) is 0 Å². The SMILES string of the molecule is Cn1nccc1C(=O)NNC(=O)c1ccnn1C. The molecule has 0 spiro atoms. The summed E-state index contributed by atoms with van der Waals surface area (Å²) in [5.41, 5.74) is 5.30. The summed E-state index contributed by atoms with van der Waals surface area (Å²) in [6.07, 6.45) is 3.00. The zero-order chi connectivity index (χ0) is 13.1. The number of aryl methyl sites for hydroxylation is 2. The van der Waals surface area contributed by atoms with Crippen LogP contribution in [0.25, 0.3) is 0 Å². The number of nitrogens with one attached hydrogen (secondary N) is 2. The maximum absolute atomic E-state index is 11.7. The molecule has 8 nitrogen and oxygen atoms in total. The minimum Gasteiger partial charge on any atom is -0.266 e. The van der Waals surface area contributed by atoms with E-state index in [1.165, 1.54) is 21.8 Å². The van der Waals surface area contributed by atoms with Gasteiger partial charge in [0.1, 0.15) is 11.4 Å². The summed E-state index contributed by atoms with van der Waals surface area (Å²) < 4.78 is 2.82. The number of hydrogen-bond donors (Lipinski definition) is 2. The summed E-state index contributed by atoms with van der Waals surface area (Å²) in [6.45, 7) is 0. The number of carbonyl (C=O) groups excluding carboxylic acids is 2. The molecule has 94 valence electrons. The van der Waals surface area contributed by atoms with Crippen molar-refractivity contribution < 1.29 is 9.59 Å². The highest BCUT2D eigenvalue weighted by molar-refractivity contribution is 5.97. The van der Waals surface area contributed by atoms with Crippen molar-refractivity contribution in [3.63, 3.8) is 0 Å². The van der Waals surface area contributed by atoms with Gasteiger partial charge in [-0.3, -0.25) is 29.8 Å². The number of amides is 2. The van der Waals surface area contributed by atoms with Gasteiger partial charge < -0.3 is 0 Å². The van der Waals surface area contributed by atoms with E-state index in [1.807, 2.05) is 0 Å². The number of rotatable bonds is 2. The summed E-state index contributed by atoms with van der Waals surface area (Å²) >= 11 is 0. The molecule has 0 atom stereocenters. The number of nitrogens with zero attached hydrogens (tertiary/aromatic N) is 4. The summed E-state index contributed by atoms with van der Waals surface area (Å²) in [4.78, 5) is 23.4. The van der Waals surface area contributed by atoms with E-state index in [9.17, 15) is 9.59 Å². The van der Waals surface area contributed by atoms with Gasteiger partial charge in [0.2, 0.25) is 0 Å². The first-order chi connectivity index (χ1) is 8.59. The largest absolute Gasteiger partial charge is 0.287 e. The average Bonchev–Trinajstić information content (AvgIpc) is 2.94. The zero-order valence-corrected chi connectivity index (χ0v) is 9.91. The second-order valence-corrected chi connectivity index (χ2v) is 3.59. The van der Waals surface area contributed by atoms with Crippen LogP contribution in [-0.2, 0) is 14.1 Å². The zero-order valence-electron chi connectivity index (χ0n) is 9.91. The third-order valence-corrected chi connectivity index (χ3v) is 2.40. The molecular weight excluding hydrogens is 236 g/mol. The van der Waals surface area contributed by atoms with E-state index in [1.54, 1.807) is 26.2 Å². The molecule has 0 radical (unpaired) electrons. The molecule has 2 aromatic heterocycles. The van der Waals surface area contributed by atoms with E-state index in [2.05, 4.69) is 21.0 Å². The smallest absolute Gasteiger partial charge is 0.266 e. The standard InChI is InChI=1S/C10H12N6O2/c1-15-7(3-5-11-15)9(17)13-14-10(18)8-4-6-12-16(8)2/h3-6H,1-2H3,(H,13,17)(H,14,18). The Hall–Kier alpha value is -2.64. The van der Waals surface area contributed by atoms with Crippen molar-refractivity contribution in [2.24, 2.45) is 14.1 Å². The van der Waals surface area contributed by atoms with Crippen molar-refractivity contribution in [2.45, 2.75) is 0 Å². The van der Waals surface area contributed by atoms with Gasteiger partial charge in [-0.25, -0.2) is 0 Å². The normalized spacial score (nSPS) is 10.1. The molecule has 2 aromatic rings. The van der Waals surface area contributed by atoms with Gasteiger partial charge in [0.25, 0.3) is 11.8 Å². The topological polar surface area (TPSA) is 93.8 Å². The fourth-order valence-electron chi connectivity index (χ4n) is 1.43. The lowest BCUT2D eigenvalue weighted by Crippen LogP contribution is -2.42. The van der Waals surface area contributed by atoms with Crippen molar-refractivity contribution in [1.82, 2.24) is 30.4 Å². The maximum atomic E-state index is 11.7. The maximum Gasteiger partial charge on any atom is 0.287 e. The first-order valence-electron chi connectivity index (χ1n) is 5.16.